The van der Waals surface area contributed by atoms with Crippen LogP contribution in [0.15, 0.2) is 81.7 Å². The zero-order valence-corrected chi connectivity index (χ0v) is 39.4. The summed E-state index contributed by atoms with van der Waals surface area (Å²) in [6.45, 7) is 7.41. The lowest BCUT2D eigenvalue weighted by Crippen LogP contribution is -2.33. The number of carbonyl (C=O) groups is 1. The van der Waals surface area contributed by atoms with E-state index >= 15 is 0 Å². The molecule has 0 amide bonds. The van der Waals surface area contributed by atoms with E-state index < -0.39 is 64.7 Å². The van der Waals surface area contributed by atoms with E-state index in [1.54, 1.807) is 26.4 Å². The number of methoxy groups -OCH3 is 2. The molecule has 65 heavy (non-hydrogen) atoms. The first kappa shape index (κ1) is 51.3. The average molecular weight is 969 g/mol. The van der Waals surface area contributed by atoms with Gasteiger partial charge < -0.3 is 34.2 Å². The first-order valence-corrected chi connectivity index (χ1v) is 25.3. The molecule has 3 heterocycles. The highest BCUT2D eigenvalue weighted by Gasteiger charge is 2.49. The largest absolute Gasteiger partial charge is 0.492 e. The summed E-state index contributed by atoms with van der Waals surface area (Å²) in [6.07, 6.45) is 5.79. The fraction of sp³-hybridized carbons (Fsp3) is 0.488. The number of hydrogen-bond acceptors (Lipinski definition) is 14. The molecule has 22 heteroatoms. The van der Waals surface area contributed by atoms with Crippen molar-refractivity contribution < 1.29 is 77.5 Å². The number of nitrogens with zero attached hydrogens (tertiary/aromatic N) is 3. The fourth-order valence-corrected chi connectivity index (χ4v) is 9.99. The fourth-order valence-electron chi connectivity index (χ4n) is 8.47. The number of allylic oxidation sites excluding steroid dienone is 4. The molecule has 19 nitrogen and oxygen atoms in total. The van der Waals surface area contributed by atoms with Crippen molar-refractivity contribution in [2.75, 3.05) is 64.4 Å². The van der Waals surface area contributed by atoms with Crippen LogP contribution in [0.1, 0.15) is 76.8 Å². The number of fused-ring (bicyclic) bond motifs is 2. The highest BCUT2D eigenvalue weighted by molar-refractivity contribution is 7.86. The third-order valence-electron chi connectivity index (χ3n) is 11.8. The van der Waals surface area contributed by atoms with Crippen molar-refractivity contribution in [3.05, 3.63) is 83.1 Å². The molecule has 3 aromatic rings. The molecule has 2 atom stereocenters. The summed E-state index contributed by atoms with van der Waals surface area (Å²) in [5.74, 6) is -2.12. The minimum Gasteiger partial charge on any atom is -0.492 e. The molecular weight excluding hydrogens is 911 g/mol. The summed E-state index contributed by atoms with van der Waals surface area (Å²) in [6, 6.07) is 11.0. The van der Waals surface area contributed by atoms with Crippen LogP contribution in [-0.4, -0.2) is 130 Å². The Hall–Kier alpha value is -4.65. The van der Waals surface area contributed by atoms with Crippen LogP contribution in [0.4, 0.5) is 11.4 Å². The molecule has 358 valence electrons. The van der Waals surface area contributed by atoms with Crippen LogP contribution in [0.2, 0.25) is 0 Å². The normalized spacial score (nSPS) is 19.6. The predicted molar refractivity (Wildman–Crippen MR) is 239 cm³/mol. The van der Waals surface area contributed by atoms with Crippen molar-refractivity contribution in [3.63, 3.8) is 0 Å². The second-order valence-corrected chi connectivity index (χ2v) is 20.8. The highest BCUT2D eigenvalue weighted by atomic mass is 32.2. The van der Waals surface area contributed by atoms with Gasteiger partial charge in [0, 0.05) is 80.4 Å². The van der Waals surface area contributed by atoms with Crippen molar-refractivity contribution in [2.45, 2.75) is 86.3 Å². The van der Waals surface area contributed by atoms with E-state index in [4.69, 9.17) is 19.0 Å². The Kier molecular flexibility index (Phi) is 16.5. The van der Waals surface area contributed by atoms with Crippen LogP contribution in [0.5, 0.6) is 11.8 Å². The highest BCUT2D eigenvalue weighted by Crippen LogP contribution is 2.51. The van der Waals surface area contributed by atoms with Crippen molar-refractivity contribution in [1.29, 1.82) is 0 Å². The van der Waals surface area contributed by atoms with Crippen LogP contribution in [0.3, 0.4) is 0 Å². The van der Waals surface area contributed by atoms with Gasteiger partial charge in [0.1, 0.15) is 6.61 Å². The number of hydrogen-bond donors (Lipinski definition) is 5. The molecular formula is C43H58N3O16S3+. The molecule has 0 radical (unpaired) electrons. The standard InChI is InChI=1S/C43H57N3O16S3/c1-30(26-37-42(2,17-9-25-63(50,51)52)33-28-31(64(53,54)55)12-14-36(33)45(37)20-22-61-24-23-60-5)27-38-43(3,18-21-59-4)34-29-32(65(56,57)58)11-13-35(34)44(38)19-8-6-7-10-41(49)62-46-39(47)15-16-40(46)48/h11-16,26-29H,6-10,17-25H2,1-5H3,(H4-,47,48,50,51,52,53,54,55,56,57,58)/p+1. The Balaban J connectivity index is 1.60. The number of aromatic hydroxyl groups is 2. The molecule has 1 aromatic heterocycles. The van der Waals surface area contributed by atoms with Crippen LogP contribution in [0, 0.1) is 0 Å². The Morgan fingerprint density at radius 3 is 2.00 bits per heavy atom. The summed E-state index contributed by atoms with van der Waals surface area (Å²) in [5, 5.41) is 19.7. The van der Waals surface area contributed by atoms with E-state index in [1.165, 1.54) is 36.4 Å². The summed E-state index contributed by atoms with van der Waals surface area (Å²) >= 11 is 0. The SMILES string of the molecule is COCCOCC[N+]1=C(C=C(C)C=C2N(CCCCCC(=O)On3c(O)ccc3O)c3ccc(S(=O)(=O)O)cc3C2(C)CCOC)C(C)(CCCS(=O)(=O)O)c2cc(S(=O)(=O)O)ccc21. The van der Waals surface area contributed by atoms with Gasteiger partial charge in [0.25, 0.3) is 30.4 Å². The van der Waals surface area contributed by atoms with E-state index in [9.17, 15) is 53.9 Å². The quantitative estimate of drug-likeness (QED) is 0.0452. The van der Waals surface area contributed by atoms with Gasteiger partial charge in [0.15, 0.2) is 12.3 Å². The zero-order valence-electron chi connectivity index (χ0n) is 37.0. The predicted octanol–water partition coefficient (Wildman–Crippen LogP) is 4.94. The van der Waals surface area contributed by atoms with E-state index in [-0.39, 0.29) is 48.8 Å². The lowest BCUT2D eigenvalue weighted by atomic mass is 9.75. The number of benzene rings is 2. The van der Waals surface area contributed by atoms with Gasteiger partial charge >= 0.3 is 5.97 Å². The van der Waals surface area contributed by atoms with Gasteiger partial charge in [-0.1, -0.05) is 6.42 Å². The van der Waals surface area contributed by atoms with Gasteiger partial charge in [-0.2, -0.15) is 29.8 Å². The average Bonchev–Trinajstić information content (AvgIpc) is 3.74. The Morgan fingerprint density at radius 2 is 1.38 bits per heavy atom. The first-order chi connectivity index (χ1) is 30.4. The van der Waals surface area contributed by atoms with Gasteiger partial charge in [-0.25, -0.2) is 4.79 Å². The maximum absolute atomic E-state index is 12.5. The Morgan fingerprint density at radius 1 is 0.754 bits per heavy atom. The van der Waals surface area contributed by atoms with E-state index in [0.29, 0.717) is 84.0 Å². The van der Waals surface area contributed by atoms with Crippen molar-refractivity contribution in [2.24, 2.45) is 0 Å². The van der Waals surface area contributed by atoms with Crippen molar-refractivity contribution in [1.82, 2.24) is 4.73 Å². The Bertz CT molecular complexity index is 2660. The van der Waals surface area contributed by atoms with Crippen LogP contribution < -0.4 is 9.74 Å². The molecule has 2 aliphatic rings. The minimum absolute atomic E-state index is 0.0101. The molecule has 0 spiro atoms. The molecule has 2 aliphatic heterocycles. The van der Waals surface area contributed by atoms with Crippen LogP contribution in [-0.2, 0) is 60.2 Å². The smallest absolute Gasteiger partial charge is 0.333 e. The molecule has 0 bridgehead atoms. The third-order valence-corrected chi connectivity index (χ3v) is 14.3. The zero-order chi connectivity index (χ0) is 48.0. The van der Waals surface area contributed by atoms with Crippen molar-refractivity contribution >= 4 is 53.4 Å². The van der Waals surface area contributed by atoms with Gasteiger partial charge in [-0.3, -0.25) is 13.7 Å². The molecule has 0 saturated carbocycles. The van der Waals surface area contributed by atoms with Crippen molar-refractivity contribution in [3.8, 4) is 11.8 Å². The monoisotopic (exact) mass is 968 g/mol. The maximum atomic E-state index is 12.5. The second-order valence-electron chi connectivity index (χ2n) is 16.4. The van der Waals surface area contributed by atoms with E-state index in [2.05, 4.69) is 0 Å². The first-order valence-electron chi connectivity index (χ1n) is 20.8. The van der Waals surface area contributed by atoms with Crippen LogP contribution >= 0.6 is 0 Å². The van der Waals surface area contributed by atoms with Gasteiger partial charge in [0.05, 0.1) is 34.2 Å². The topological polar surface area (TPSA) is 269 Å². The van der Waals surface area contributed by atoms with Gasteiger partial charge in [0.2, 0.25) is 17.4 Å². The number of aromatic nitrogens is 1. The molecule has 0 saturated heterocycles. The minimum atomic E-state index is -4.65. The van der Waals surface area contributed by atoms with Gasteiger partial charge in [-0.05, 0) is 100 Å². The maximum Gasteiger partial charge on any atom is 0.333 e. The molecule has 0 fully saturated rings. The van der Waals surface area contributed by atoms with Gasteiger partial charge in [-0.15, -0.1) is 4.73 Å². The second kappa shape index (κ2) is 20.9. The summed E-state index contributed by atoms with van der Waals surface area (Å²) in [4.78, 5) is 19.0. The summed E-state index contributed by atoms with van der Waals surface area (Å²) < 4.78 is 123. The number of unbranched alkanes of at least 4 members (excludes halogenated alkanes) is 2. The molecule has 2 unspecified atom stereocenters. The van der Waals surface area contributed by atoms with Crippen LogP contribution in [0.25, 0.3) is 0 Å². The lowest BCUT2D eigenvalue weighted by molar-refractivity contribution is -0.442. The summed E-state index contributed by atoms with van der Waals surface area (Å²) in [7, 11) is -10.5. The van der Waals surface area contributed by atoms with E-state index in [1.807, 2.05) is 42.4 Å². The Labute approximate surface area is 379 Å². The number of anilines is 1. The number of rotatable bonds is 24. The number of carbonyl (C=O) groups excluding carboxylic acids is 1. The third kappa shape index (κ3) is 12.2. The molecule has 2 aromatic carbocycles. The molecule has 5 N–H and O–H groups in total. The lowest BCUT2D eigenvalue weighted by Gasteiger charge is -2.31. The summed E-state index contributed by atoms with van der Waals surface area (Å²) in [5.41, 5.74) is 2.48. The van der Waals surface area contributed by atoms with E-state index in [0.717, 1.165) is 5.70 Å². The molecule has 5 rings (SSSR count). The molecule has 0 aliphatic carbocycles. The number of ether oxygens (including phenoxy) is 3.